The van der Waals surface area contributed by atoms with E-state index < -0.39 is 28.8 Å². The van der Waals surface area contributed by atoms with Gasteiger partial charge in [0.2, 0.25) is 11.8 Å². The van der Waals surface area contributed by atoms with Gasteiger partial charge in [-0.2, -0.15) is 0 Å². The fourth-order valence-corrected chi connectivity index (χ4v) is 2.32. The van der Waals surface area contributed by atoms with Crippen LogP contribution in [0.1, 0.15) is 39.8 Å². The molecule has 2 amide bonds. The van der Waals surface area contributed by atoms with E-state index in [9.17, 15) is 24.0 Å². The monoisotopic (exact) mass is 348 g/mol. The van der Waals surface area contributed by atoms with Gasteiger partial charge in [-0.15, -0.1) is 0 Å². The molecule has 2 rings (SSSR count). The van der Waals surface area contributed by atoms with E-state index in [1.807, 2.05) is 0 Å². The van der Waals surface area contributed by atoms with Gasteiger partial charge in [-0.1, -0.05) is 0 Å². The summed E-state index contributed by atoms with van der Waals surface area (Å²) >= 11 is 0. The Hall–Kier alpha value is -3.43. The van der Waals surface area contributed by atoms with Crippen molar-refractivity contribution in [3.63, 3.8) is 0 Å². The smallest absolute Gasteiger partial charge is 0.328 e. The maximum Gasteiger partial charge on any atom is 0.328 e. The maximum atomic E-state index is 12.0. The highest BCUT2D eigenvalue weighted by molar-refractivity contribution is 6.11. The first kappa shape index (κ1) is 17.9. The third kappa shape index (κ3) is 3.91. The maximum absolute atomic E-state index is 12.0. The average Bonchev–Trinajstić information content (AvgIpc) is 2.82. The third-order valence-corrected chi connectivity index (χ3v) is 3.41. The number of hydrogen-bond donors (Lipinski definition) is 3. The number of nitrogens with zero attached hydrogens (tertiary/aromatic N) is 1. The third-order valence-electron chi connectivity index (χ3n) is 3.41. The summed E-state index contributed by atoms with van der Waals surface area (Å²) in [5, 5.41) is 2.36. The molecule has 0 atom stereocenters. The van der Waals surface area contributed by atoms with Crippen LogP contribution < -0.4 is 22.3 Å². The fourth-order valence-electron chi connectivity index (χ4n) is 2.32. The molecule has 0 saturated carbocycles. The number of nitrogens with one attached hydrogen (secondary N) is 2. The van der Waals surface area contributed by atoms with Gasteiger partial charge in [0.25, 0.3) is 11.5 Å². The number of furan rings is 1. The number of Topliss-reactive ketones (excluding diaryl/α,β-unsaturated/α-hetero) is 1. The SMILES string of the molecule is CC(=O)c1c(C)oc(NC(=O)CCn2ccc(=O)[nH]c2=O)c1C(N)=O. The molecule has 0 fully saturated rings. The number of primary amides is 1. The predicted octanol–water partition coefficient (Wildman–Crippen LogP) is -0.232. The van der Waals surface area contributed by atoms with Gasteiger partial charge < -0.3 is 14.7 Å². The van der Waals surface area contributed by atoms with Crippen molar-refractivity contribution in [2.75, 3.05) is 5.32 Å². The molecule has 10 heteroatoms. The van der Waals surface area contributed by atoms with Crippen molar-refractivity contribution in [3.8, 4) is 0 Å². The van der Waals surface area contributed by atoms with Crippen molar-refractivity contribution >= 4 is 23.5 Å². The number of ketones is 1. The van der Waals surface area contributed by atoms with Crippen LogP contribution in [0.15, 0.2) is 26.3 Å². The Morgan fingerprint density at radius 3 is 2.52 bits per heavy atom. The predicted molar refractivity (Wildman–Crippen MR) is 86.5 cm³/mol. The highest BCUT2D eigenvalue weighted by Crippen LogP contribution is 2.27. The van der Waals surface area contributed by atoms with Crippen LogP contribution in [-0.2, 0) is 11.3 Å². The zero-order valence-electron chi connectivity index (χ0n) is 13.5. The van der Waals surface area contributed by atoms with Gasteiger partial charge in [-0.05, 0) is 13.8 Å². The number of aromatic nitrogens is 2. The van der Waals surface area contributed by atoms with Gasteiger partial charge in [0.1, 0.15) is 11.3 Å². The van der Waals surface area contributed by atoms with Crippen LogP contribution in [0, 0.1) is 6.92 Å². The number of anilines is 1. The number of aromatic amines is 1. The average molecular weight is 348 g/mol. The van der Waals surface area contributed by atoms with Gasteiger partial charge >= 0.3 is 5.69 Å². The molecule has 0 aliphatic carbocycles. The molecular weight excluding hydrogens is 332 g/mol. The number of nitrogens with two attached hydrogens (primary N) is 1. The van der Waals surface area contributed by atoms with Crippen molar-refractivity contribution in [2.45, 2.75) is 26.8 Å². The Labute approximate surface area is 140 Å². The number of H-pyrrole nitrogens is 1. The summed E-state index contributed by atoms with van der Waals surface area (Å²) in [7, 11) is 0. The summed E-state index contributed by atoms with van der Waals surface area (Å²) in [5.74, 6) is -1.95. The lowest BCUT2D eigenvalue weighted by atomic mass is 10.1. The van der Waals surface area contributed by atoms with Gasteiger partial charge in [0, 0.05) is 25.2 Å². The molecule has 25 heavy (non-hydrogen) atoms. The van der Waals surface area contributed by atoms with Crippen LogP contribution in [0.3, 0.4) is 0 Å². The van der Waals surface area contributed by atoms with Crippen molar-refractivity contribution in [1.29, 1.82) is 0 Å². The van der Waals surface area contributed by atoms with E-state index in [-0.39, 0.29) is 35.7 Å². The summed E-state index contributed by atoms with van der Waals surface area (Å²) in [4.78, 5) is 59.8. The summed E-state index contributed by atoms with van der Waals surface area (Å²) in [6, 6.07) is 1.15. The van der Waals surface area contributed by atoms with Crippen LogP contribution in [0.4, 0.5) is 5.88 Å². The summed E-state index contributed by atoms with van der Waals surface area (Å²) in [5.41, 5.74) is 3.89. The Morgan fingerprint density at radius 2 is 1.96 bits per heavy atom. The topological polar surface area (TPSA) is 157 Å². The van der Waals surface area contributed by atoms with Gasteiger partial charge in [-0.3, -0.25) is 29.5 Å². The molecule has 0 spiro atoms. The molecule has 0 aliphatic heterocycles. The Kier molecular flexibility index (Phi) is 5.01. The Morgan fingerprint density at radius 1 is 1.28 bits per heavy atom. The largest absolute Gasteiger partial charge is 0.444 e. The Balaban J connectivity index is 2.17. The second kappa shape index (κ2) is 6.99. The summed E-state index contributed by atoms with van der Waals surface area (Å²) in [6.45, 7) is 2.71. The van der Waals surface area contributed by atoms with Crippen molar-refractivity contribution < 1.29 is 18.8 Å². The number of aryl methyl sites for hydroxylation is 2. The Bertz CT molecular complexity index is 965. The number of amides is 2. The highest BCUT2D eigenvalue weighted by Gasteiger charge is 2.26. The van der Waals surface area contributed by atoms with Crippen LogP contribution in [0.25, 0.3) is 0 Å². The number of hydrogen-bond acceptors (Lipinski definition) is 6. The minimum Gasteiger partial charge on any atom is -0.444 e. The lowest BCUT2D eigenvalue weighted by Crippen LogP contribution is -2.30. The van der Waals surface area contributed by atoms with Crippen molar-refractivity contribution in [1.82, 2.24) is 9.55 Å². The summed E-state index contributed by atoms with van der Waals surface area (Å²) in [6.07, 6.45) is 1.12. The molecule has 132 valence electrons. The second-order valence-electron chi connectivity index (χ2n) is 5.26. The molecule has 2 aromatic rings. The standard InChI is InChI=1S/C15H16N4O6/c1-7(20)11-8(2)25-14(12(11)13(16)23)17-9(21)3-5-19-6-4-10(22)18-15(19)24/h4,6H,3,5H2,1-2H3,(H2,16,23)(H,17,21)(H,18,22,24). The minimum absolute atomic E-state index is 0.00733. The molecule has 0 aromatic carbocycles. The molecule has 10 nitrogen and oxygen atoms in total. The second-order valence-corrected chi connectivity index (χ2v) is 5.26. The van der Waals surface area contributed by atoms with E-state index in [4.69, 9.17) is 10.2 Å². The fraction of sp³-hybridized carbons (Fsp3) is 0.267. The molecule has 0 bridgehead atoms. The molecule has 0 radical (unpaired) electrons. The van der Waals surface area contributed by atoms with E-state index in [0.717, 1.165) is 10.6 Å². The van der Waals surface area contributed by atoms with Crippen LogP contribution >= 0.6 is 0 Å². The van der Waals surface area contributed by atoms with Crippen molar-refractivity contribution in [3.05, 3.63) is 50.0 Å². The zero-order valence-corrected chi connectivity index (χ0v) is 13.5. The first-order valence-corrected chi connectivity index (χ1v) is 7.24. The van der Waals surface area contributed by atoms with E-state index in [2.05, 4.69) is 10.3 Å². The number of rotatable bonds is 6. The minimum atomic E-state index is -0.908. The van der Waals surface area contributed by atoms with E-state index in [1.165, 1.54) is 20.0 Å². The molecule has 2 heterocycles. The van der Waals surface area contributed by atoms with Gasteiger partial charge in [-0.25, -0.2) is 4.79 Å². The first-order chi connectivity index (χ1) is 11.7. The lowest BCUT2D eigenvalue weighted by molar-refractivity contribution is -0.116. The number of carbonyl (C=O) groups excluding carboxylic acids is 3. The zero-order chi connectivity index (χ0) is 18.7. The number of carbonyl (C=O) groups is 3. The van der Waals surface area contributed by atoms with E-state index in [0.29, 0.717) is 0 Å². The molecule has 0 unspecified atom stereocenters. The molecule has 2 aromatic heterocycles. The molecule has 0 aliphatic rings. The van der Waals surface area contributed by atoms with E-state index >= 15 is 0 Å². The lowest BCUT2D eigenvalue weighted by Gasteiger charge is -2.06. The van der Waals surface area contributed by atoms with Crippen molar-refractivity contribution in [2.24, 2.45) is 5.73 Å². The van der Waals surface area contributed by atoms with E-state index in [1.54, 1.807) is 0 Å². The molecular formula is C15H16N4O6. The molecule has 0 saturated heterocycles. The first-order valence-electron chi connectivity index (χ1n) is 7.24. The van der Waals surface area contributed by atoms with Crippen LogP contribution in [0.2, 0.25) is 0 Å². The summed E-state index contributed by atoms with van der Waals surface area (Å²) < 4.78 is 6.40. The highest BCUT2D eigenvalue weighted by atomic mass is 16.4. The quantitative estimate of drug-likeness (QED) is 0.612. The normalized spacial score (nSPS) is 10.5. The van der Waals surface area contributed by atoms with Gasteiger partial charge in [0.05, 0.1) is 5.56 Å². The van der Waals surface area contributed by atoms with Crippen LogP contribution in [-0.4, -0.2) is 27.1 Å². The molecule has 4 N–H and O–H groups in total. The van der Waals surface area contributed by atoms with Crippen LogP contribution in [0.5, 0.6) is 0 Å². The van der Waals surface area contributed by atoms with Gasteiger partial charge in [0.15, 0.2) is 5.78 Å².